The van der Waals surface area contributed by atoms with Gasteiger partial charge in [0.2, 0.25) is 5.91 Å². The third kappa shape index (κ3) is 3.43. The molecule has 2 aliphatic rings. The lowest BCUT2D eigenvalue weighted by atomic mass is 9.87. The van der Waals surface area contributed by atoms with Gasteiger partial charge in [-0.2, -0.15) is 0 Å². The summed E-state index contributed by atoms with van der Waals surface area (Å²) in [5, 5.41) is 5.35. The highest BCUT2D eigenvalue weighted by atomic mass is 32.1. The molecule has 30 heavy (non-hydrogen) atoms. The zero-order valence-electron chi connectivity index (χ0n) is 17.3. The van der Waals surface area contributed by atoms with Crippen LogP contribution >= 0.6 is 11.3 Å². The number of aryl methyl sites for hydroxylation is 2. The Morgan fingerprint density at radius 1 is 1.10 bits per heavy atom. The van der Waals surface area contributed by atoms with Gasteiger partial charge < -0.3 is 14.8 Å². The number of hydrogen-bond acceptors (Lipinski definition) is 3. The van der Waals surface area contributed by atoms with Crippen LogP contribution in [0.3, 0.4) is 0 Å². The number of aromatic nitrogens is 1. The largest absolute Gasteiger partial charge is 0.349 e. The van der Waals surface area contributed by atoms with E-state index < -0.39 is 0 Å². The highest BCUT2D eigenvalue weighted by Crippen LogP contribution is 2.31. The fraction of sp³-hybridized carbons (Fsp3) is 0.417. The molecule has 5 rings (SSSR count). The van der Waals surface area contributed by atoms with Crippen molar-refractivity contribution in [1.29, 1.82) is 0 Å². The Morgan fingerprint density at radius 2 is 1.90 bits per heavy atom. The smallest absolute Gasteiger partial charge is 0.270 e. The van der Waals surface area contributed by atoms with Gasteiger partial charge in [-0.1, -0.05) is 24.3 Å². The van der Waals surface area contributed by atoms with Crippen LogP contribution in [0.25, 0.3) is 10.2 Å². The van der Waals surface area contributed by atoms with Crippen LogP contribution in [0.1, 0.15) is 53.3 Å². The van der Waals surface area contributed by atoms with Crippen LogP contribution in [-0.2, 0) is 18.3 Å². The number of carbonyl (C=O) groups excluding carboxylic acids is 2. The molecule has 6 heteroatoms. The van der Waals surface area contributed by atoms with Crippen molar-refractivity contribution in [2.24, 2.45) is 13.0 Å². The quantitative estimate of drug-likeness (QED) is 0.686. The number of carbonyl (C=O) groups is 2. The lowest BCUT2D eigenvalue weighted by Crippen LogP contribution is -2.44. The van der Waals surface area contributed by atoms with E-state index in [0.29, 0.717) is 13.1 Å². The molecule has 3 aromatic rings. The Morgan fingerprint density at radius 3 is 2.70 bits per heavy atom. The number of hydrogen-bond donors (Lipinski definition) is 1. The fourth-order valence-electron chi connectivity index (χ4n) is 4.96. The van der Waals surface area contributed by atoms with Crippen LogP contribution in [0.5, 0.6) is 0 Å². The van der Waals surface area contributed by atoms with E-state index in [9.17, 15) is 9.59 Å². The molecule has 1 aromatic carbocycles. The van der Waals surface area contributed by atoms with Crippen molar-refractivity contribution in [3.63, 3.8) is 0 Å². The summed E-state index contributed by atoms with van der Waals surface area (Å²) in [4.78, 5) is 27.9. The topological polar surface area (TPSA) is 54.3 Å². The van der Waals surface area contributed by atoms with Gasteiger partial charge in [-0.15, -0.1) is 11.3 Å². The lowest BCUT2D eigenvalue weighted by Gasteiger charge is -2.33. The SMILES string of the molecule is Cn1c(C(=O)N2CCC(C(=O)NC3CCCc4ccccc43)CC2)cc2sccc21. The van der Waals surface area contributed by atoms with Crippen LogP contribution in [0.2, 0.25) is 0 Å². The van der Waals surface area contributed by atoms with Crippen LogP contribution in [0.4, 0.5) is 0 Å². The molecule has 2 amide bonds. The van der Waals surface area contributed by atoms with Crippen molar-refractivity contribution in [3.8, 4) is 0 Å². The summed E-state index contributed by atoms with van der Waals surface area (Å²) < 4.78 is 3.12. The number of thiophene rings is 1. The molecule has 1 saturated heterocycles. The standard InChI is InChI=1S/C24H27N3O2S/c1-26-20-11-14-30-22(20)15-21(26)24(29)27-12-9-17(10-13-27)23(28)25-19-8-4-6-16-5-2-3-7-18(16)19/h2-3,5,7,11,14-15,17,19H,4,6,8-10,12-13H2,1H3,(H,25,28). The van der Waals surface area contributed by atoms with Gasteiger partial charge in [0.15, 0.2) is 0 Å². The van der Waals surface area contributed by atoms with E-state index in [0.717, 1.165) is 48.0 Å². The number of amides is 2. The Hall–Kier alpha value is -2.60. The zero-order valence-corrected chi connectivity index (χ0v) is 18.1. The molecule has 1 aliphatic carbocycles. The molecule has 1 fully saturated rings. The van der Waals surface area contributed by atoms with E-state index in [1.165, 1.54) is 11.1 Å². The molecule has 1 unspecified atom stereocenters. The van der Waals surface area contributed by atoms with Crippen molar-refractivity contribution < 1.29 is 9.59 Å². The molecule has 156 valence electrons. The first-order valence-electron chi connectivity index (χ1n) is 10.8. The Labute approximate surface area is 180 Å². The number of rotatable bonds is 3. The molecule has 1 atom stereocenters. The molecule has 0 bridgehead atoms. The van der Waals surface area contributed by atoms with Gasteiger partial charge in [0.1, 0.15) is 5.69 Å². The molecule has 0 radical (unpaired) electrons. The van der Waals surface area contributed by atoms with E-state index in [1.807, 2.05) is 28.0 Å². The van der Waals surface area contributed by atoms with Gasteiger partial charge >= 0.3 is 0 Å². The lowest BCUT2D eigenvalue weighted by molar-refractivity contribution is -0.127. The molecular formula is C24H27N3O2S. The minimum atomic E-state index is -0.0138. The maximum Gasteiger partial charge on any atom is 0.270 e. The van der Waals surface area contributed by atoms with Gasteiger partial charge in [-0.25, -0.2) is 0 Å². The van der Waals surface area contributed by atoms with Gasteiger partial charge in [-0.3, -0.25) is 9.59 Å². The molecule has 0 spiro atoms. The van der Waals surface area contributed by atoms with Crippen LogP contribution < -0.4 is 5.32 Å². The fourth-order valence-corrected chi connectivity index (χ4v) is 5.80. The second-order valence-corrected chi connectivity index (χ2v) is 9.43. The van der Waals surface area contributed by atoms with Gasteiger partial charge in [0, 0.05) is 26.1 Å². The zero-order chi connectivity index (χ0) is 20.7. The van der Waals surface area contributed by atoms with E-state index in [1.54, 1.807) is 11.3 Å². The van der Waals surface area contributed by atoms with Crippen molar-refractivity contribution in [1.82, 2.24) is 14.8 Å². The average molecular weight is 422 g/mol. The maximum atomic E-state index is 13.0. The van der Waals surface area contributed by atoms with Crippen LogP contribution in [0, 0.1) is 5.92 Å². The molecule has 0 saturated carbocycles. The van der Waals surface area contributed by atoms with Gasteiger partial charge in [0.05, 0.1) is 16.3 Å². The normalized spacial score (nSPS) is 19.6. The predicted octanol–water partition coefficient (Wildman–Crippen LogP) is 4.29. The second kappa shape index (κ2) is 7.91. The molecule has 1 N–H and O–H groups in total. The van der Waals surface area contributed by atoms with E-state index >= 15 is 0 Å². The Balaban J connectivity index is 1.21. The first-order valence-corrected chi connectivity index (χ1v) is 11.7. The Bertz CT molecular complexity index is 1090. The van der Waals surface area contributed by atoms with Crippen molar-refractivity contribution >= 4 is 33.4 Å². The number of benzene rings is 1. The highest BCUT2D eigenvalue weighted by Gasteiger charge is 2.31. The van der Waals surface area contributed by atoms with Crippen LogP contribution in [-0.4, -0.2) is 34.4 Å². The van der Waals surface area contributed by atoms with Crippen LogP contribution in [0.15, 0.2) is 41.8 Å². The van der Waals surface area contributed by atoms with E-state index in [2.05, 4.69) is 35.6 Å². The number of fused-ring (bicyclic) bond motifs is 2. The average Bonchev–Trinajstić information content (AvgIpc) is 3.36. The number of piperidine rings is 1. The van der Waals surface area contributed by atoms with Crippen molar-refractivity contribution in [2.45, 2.75) is 38.1 Å². The predicted molar refractivity (Wildman–Crippen MR) is 120 cm³/mol. The summed E-state index contributed by atoms with van der Waals surface area (Å²) >= 11 is 1.66. The summed E-state index contributed by atoms with van der Waals surface area (Å²) in [7, 11) is 1.95. The van der Waals surface area contributed by atoms with Gasteiger partial charge in [0.25, 0.3) is 5.91 Å². The van der Waals surface area contributed by atoms with Crippen molar-refractivity contribution in [2.75, 3.05) is 13.1 Å². The molecular weight excluding hydrogens is 394 g/mol. The monoisotopic (exact) mass is 421 g/mol. The van der Waals surface area contributed by atoms with E-state index in [-0.39, 0.29) is 23.8 Å². The summed E-state index contributed by atoms with van der Waals surface area (Å²) in [6.45, 7) is 1.27. The maximum absolute atomic E-state index is 13.0. The van der Waals surface area contributed by atoms with E-state index in [4.69, 9.17) is 0 Å². The highest BCUT2D eigenvalue weighted by molar-refractivity contribution is 7.17. The Kier molecular flexibility index (Phi) is 5.11. The molecule has 1 aliphatic heterocycles. The van der Waals surface area contributed by atoms with Crippen molar-refractivity contribution in [3.05, 3.63) is 58.6 Å². The summed E-state index contributed by atoms with van der Waals surface area (Å²) in [5.41, 5.74) is 4.47. The number of likely N-dealkylation sites (tertiary alicyclic amines) is 1. The number of nitrogens with zero attached hydrogens (tertiary/aromatic N) is 2. The summed E-state index contributed by atoms with van der Waals surface area (Å²) in [6, 6.07) is 12.6. The molecule has 2 aromatic heterocycles. The minimum absolute atomic E-state index is 0.0138. The molecule has 3 heterocycles. The molecule has 5 nitrogen and oxygen atoms in total. The third-order valence-corrected chi connectivity index (χ3v) is 7.57. The first kappa shape index (κ1) is 19.4. The van der Waals surface area contributed by atoms with Gasteiger partial charge in [-0.05, 0) is 60.7 Å². The first-order chi connectivity index (χ1) is 14.6. The third-order valence-electron chi connectivity index (χ3n) is 6.72. The summed E-state index contributed by atoms with van der Waals surface area (Å²) in [6.07, 6.45) is 4.67. The summed E-state index contributed by atoms with van der Waals surface area (Å²) in [5.74, 6) is 0.198. The minimum Gasteiger partial charge on any atom is -0.349 e. The number of nitrogens with one attached hydrogen (secondary N) is 1. The second-order valence-electron chi connectivity index (χ2n) is 8.48.